The lowest BCUT2D eigenvalue weighted by Gasteiger charge is -2.09. The summed E-state index contributed by atoms with van der Waals surface area (Å²) >= 11 is 11.7. The normalized spacial score (nSPS) is 11.0. The Labute approximate surface area is 154 Å². The van der Waals surface area contributed by atoms with Gasteiger partial charge in [0.15, 0.2) is 0 Å². The summed E-state index contributed by atoms with van der Waals surface area (Å²) in [6, 6.07) is 13.8. The molecule has 0 saturated heterocycles. The quantitative estimate of drug-likeness (QED) is 0.530. The third kappa shape index (κ3) is 3.84. The van der Waals surface area contributed by atoms with Crippen molar-refractivity contribution in [3.05, 3.63) is 82.1 Å². The van der Waals surface area contributed by atoms with E-state index in [0.29, 0.717) is 16.1 Å². The van der Waals surface area contributed by atoms with Gasteiger partial charge in [-0.25, -0.2) is 5.43 Å². The molecule has 0 radical (unpaired) electrons. The molecular formula is C18H13Cl2N3O2. The number of amides is 1. The summed E-state index contributed by atoms with van der Waals surface area (Å²) in [5.41, 5.74) is 3.93. The molecule has 0 unspecified atom stereocenters. The van der Waals surface area contributed by atoms with Crippen LogP contribution in [0.4, 0.5) is 0 Å². The van der Waals surface area contributed by atoms with E-state index in [9.17, 15) is 9.90 Å². The fraction of sp³-hybridized carbons (Fsp3) is 0. The molecule has 1 amide bonds. The number of hydrogen-bond donors (Lipinski definition) is 2. The lowest BCUT2D eigenvalue weighted by Crippen LogP contribution is -2.19. The molecule has 1 heterocycles. The maximum absolute atomic E-state index is 12.4. The Kier molecular flexibility index (Phi) is 5.07. The Bertz CT molecular complexity index is 937. The highest BCUT2D eigenvalue weighted by Crippen LogP contribution is 2.29. The molecule has 0 bridgehead atoms. The highest BCUT2D eigenvalue weighted by atomic mass is 35.5. The van der Waals surface area contributed by atoms with Crippen molar-refractivity contribution in [1.29, 1.82) is 0 Å². The van der Waals surface area contributed by atoms with Gasteiger partial charge in [-0.2, -0.15) is 5.10 Å². The molecule has 0 atom stereocenters. The molecule has 2 aromatic carbocycles. The second kappa shape index (κ2) is 7.42. The van der Waals surface area contributed by atoms with E-state index in [0.717, 1.165) is 5.69 Å². The number of rotatable bonds is 4. The van der Waals surface area contributed by atoms with Gasteiger partial charge in [-0.1, -0.05) is 35.3 Å². The molecular weight excluding hydrogens is 361 g/mol. The van der Waals surface area contributed by atoms with Crippen molar-refractivity contribution in [1.82, 2.24) is 9.99 Å². The first kappa shape index (κ1) is 17.1. The van der Waals surface area contributed by atoms with Gasteiger partial charge in [0, 0.05) is 23.0 Å². The minimum atomic E-state index is -0.381. The fourth-order valence-corrected chi connectivity index (χ4v) is 2.80. The number of para-hydroxylation sites is 1. The summed E-state index contributed by atoms with van der Waals surface area (Å²) in [6.07, 6.45) is 4.98. The zero-order valence-electron chi connectivity index (χ0n) is 12.9. The number of phenols is 1. The summed E-state index contributed by atoms with van der Waals surface area (Å²) in [4.78, 5) is 12.4. The number of nitrogens with zero attached hydrogens (tertiary/aromatic N) is 2. The van der Waals surface area contributed by atoms with Gasteiger partial charge in [0.05, 0.1) is 22.5 Å². The minimum absolute atomic E-state index is 0.109. The predicted octanol–water partition coefficient (Wildman–Crippen LogP) is 4.25. The van der Waals surface area contributed by atoms with Crippen LogP contribution in [0.25, 0.3) is 5.69 Å². The Hall–Kier alpha value is -2.76. The van der Waals surface area contributed by atoms with Crippen LogP contribution >= 0.6 is 23.2 Å². The Balaban J connectivity index is 1.81. The molecule has 1 aromatic heterocycles. The van der Waals surface area contributed by atoms with E-state index in [1.54, 1.807) is 12.1 Å². The summed E-state index contributed by atoms with van der Waals surface area (Å²) in [5.74, 6) is -0.537. The van der Waals surface area contributed by atoms with E-state index in [2.05, 4.69) is 10.5 Å². The first-order valence-electron chi connectivity index (χ1n) is 7.30. The van der Waals surface area contributed by atoms with Crippen molar-refractivity contribution in [2.75, 3.05) is 0 Å². The predicted molar refractivity (Wildman–Crippen MR) is 99.0 cm³/mol. The fourth-order valence-electron chi connectivity index (χ4n) is 2.29. The van der Waals surface area contributed by atoms with Crippen molar-refractivity contribution < 1.29 is 9.90 Å². The van der Waals surface area contributed by atoms with Crippen molar-refractivity contribution in [3.63, 3.8) is 0 Å². The third-order valence-electron chi connectivity index (χ3n) is 3.46. The zero-order valence-corrected chi connectivity index (χ0v) is 14.4. The zero-order chi connectivity index (χ0) is 17.8. The van der Waals surface area contributed by atoms with E-state index in [4.69, 9.17) is 23.2 Å². The first-order chi connectivity index (χ1) is 12.1. The van der Waals surface area contributed by atoms with Gasteiger partial charge in [0.2, 0.25) is 0 Å². The number of phenolic OH excluding ortho intramolecular Hbond substituents is 1. The standard InChI is InChI=1S/C18H13Cl2N3O2/c19-13-9-12(17(24)15(20)10-13)11-21-22-18(25)14-5-1-2-6-16(14)23-7-3-4-8-23/h1-11,24H,(H,22,25)/b21-11-. The van der Waals surface area contributed by atoms with Crippen molar-refractivity contribution >= 4 is 35.3 Å². The van der Waals surface area contributed by atoms with Gasteiger partial charge in [-0.3, -0.25) is 4.79 Å². The second-order valence-corrected chi connectivity index (χ2v) is 5.98. The number of benzene rings is 2. The van der Waals surface area contributed by atoms with E-state index in [1.807, 2.05) is 41.2 Å². The number of hydrazone groups is 1. The second-order valence-electron chi connectivity index (χ2n) is 5.13. The van der Waals surface area contributed by atoms with Gasteiger partial charge < -0.3 is 9.67 Å². The topological polar surface area (TPSA) is 66.6 Å². The number of halogens is 2. The average molecular weight is 374 g/mol. The molecule has 0 saturated carbocycles. The van der Waals surface area contributed by atoms with E-state index in [1.165, 1.54) is 18.3 Å². The Morgan fingerprint density at radius 2 is 1.84 bits per heavy atom. The van der Waals surface area contributed by atoms with Crippen molar-refractivity contribution in [2.45, 2.75) is 0 Å². The van der Waals surface area contributed by atoms with Crippen LogP contribution in [0.1, 0.15) is 15.9 Å². The molecule has 2 N–H and O–H groups in total. The smallest absolute Gasteiger partial charge is 0.273 e. The summed E-state index contributed by atoms with van der Waals surface area (Å²) in [6.45, 7) is 0. The summed E-state index contributed by atoms with van der Waals surface area (Å²) < 4.78 is 1.83. The Morgan fingerprint density at radius 1 is 1.12 bits per heavy atom. The maximum Gasteiger partial charge on any atom is 0.273 e. The molecule has 0 aliphatic heterocycles. The van der Waals surface area contributed by atoms with Crippen LogP contribution in [0, 0.1) is 0 Å². The third-order valence-corrected chi connectivity index (χ3v) is 3.97. The van der Waals surface area contributed by atoms with E-state index in [-0.39, 0.29) is 16.7 Å². The van der Waals surface area contributed by atoms with Crippen molar-refractivity contribution in [2.24, 2.45) is 5.10 Å². The van der Waals surface area contributed by atoms with E-state index >= 15 is 0 Å². The van der Waals surface area contributed by atoms with Gasteiger partial charge >= 0.3 is 0 Å². The summed E-state index contributed by atoms with van der Waals surface area (Å²) in [7, 11) is 0. The number of carbonyl (C=O) groups is 1. The molecule has 126 valence electrons. The first-order valence-corrected chi connectivity index (χ1v) is 8.05. The maximum atomic E-state index is 12.4. The number of nitrogens with one attached hydrogen (secondary N) is 1. The van der Waals surface area contributed by atoms with Crippen LogP contribution in [0.15, 0.2) is 66.0 Å². The number of aromatic hydroxyl groups is 1. The van der Waals surface area contributed by atoms with Gasteiger partial charge in [-0.05, 0) is 36.4 Å². The molecule has 0 aliphatic rings. The van der Waals surface area contributed by atoms with Gasteiger partial charge in [-0.15, -0.1) is 0 Å². The molecule has 5 nitrogen and oxygen atoms in total. The molecule has 3 aromatic rings. The number of aromatic nitrogens is 1. The average Bonchev–Trinajstić information content (AvgIpc) is 3.13. The SMILES string of the molecule is O=C(N/N=C\c1cc(Cl)cc(Cl)c1O)c1ccccc1-n1cccc1. The Morgan fingerprint density at radius 3 is 2.60 bits per heavy atom. The largest absolute Gasteiger partial charge is 0.506 e. The van der Waals surface area contributed by atoms with Crippen molar-refractivity contribution in [3.8, 4) is 11.4 Å². The van der Waals surface area contributed by atoms with Crippen LogP contribution in [0.3, 0.4) is 0 Å². The minimum Gasteiger partial charge on any atom is -0.506 e. The highest BCUT2D eigenvalue weighted by Gasteiger charge is 2.11. The van der Waals surface area contributed by atoms with Crippen LogP contribution in [-0.4, -0.2) is 21.8 Å². The van der Waals surface area contributed by atoms with Gasteiger partial charge in [0.25, 0.3) is 5.91 Å². The number of hydrogen-bond acceptors (Lipinski definition) is 3. The molecule has 7 heteroatoms. The lowest BCUT2D eigenvalue weighted by molar-refractivity contribution is 0.0955. The van der Waals surface area contributed by atoms with Crippen LogP contribution in [0.2, 0.25) is 10.0 Å². The molecule has 0 aliphatic carbocycles. The highest BCUT2D eigenvalue weighted by molar-refractivity contribution is 6.36. The van der Waals surface area contributed by atoms with Gasteiger partial charge in [0.1, 0.15) is 5.75 Å². The van der Waals surface area contributed by atoms with E-state index < -0.39 is 0 Å². The summed E-state index contributed by atoms with van der Waals surface area (Å²) in [5, 5.41) is 14.2. The molecule has 0 spiro atoms. The van der Waals surface area contributed by atoms with Crippen LogP contribution < -0.4 is 5.43 Å². The molecule has 3 rings (SSSR count). The monoisotopic (exact) mass is 373 g/mol. The molecule has 25 heavy (non-hydrogen) atoms. The van der Waals surface area contributed by atoms with Crippen LogP contribution in [0.5, 0.6) is 5.75 Å². The number of carbonyl (C=O) groups excluding carboxylic acids is 1. The van der Waals surface area contributed by atoms with Crippen LogP contribution in [-0.2, 0) is 0 Å². The molecule has 0 fully saturated rings. The lowest BCUT2D eigenvalue weighted by atomic mass is 10.1.